The maximum absolute atomic E-state index is 15.3. The lowest BCUT2D eigenvalue weighted by atomic mass is 9.74. The molecule has 2 aliphatic heterocycles. The average Bonchev–Trinajstić information content (AvgIpc) is 3.12. The number of rotatable bonds is 6. The lowest BCUT2D eigenvalue weighted by Gasteiger charge is -2.41. The van der Waals surface area contributed by atoms with Gasteiger partial charge >= 0.3 is 0 Å². The van der Waals surface area contributed by atoms with Crippen molar-refractivity contribution in [3.05, 3.63) is 53.8 Å². The Hall–Kier alpha value is -2.01. The predicted octanol–water partition coefficient (Wildman–Crippen LogP) is 4.40. The summed E-state index contributed by atoms with van der Waals surface area (Å²) in [7, 11) is -5.48. The Kier molecular flexibility index (Phi) is 7.05. The van der Waals surface area contributed by atoms with Gasteiger partial charge in [0.2, 0.25) is 10.0 Å². The molecule has 2 aliphatic rings. The van der Waals surface area contributed by atoms with Gasteiger partial charge in [0.05, 0.1) is 28.0 Å². The minimum atomic E-state index is -4.17. The van der Waals surface area contributed by atoms with Crippen molar-refractivity contribution in [2.24, 2.45) is 5.41 Å². The molecule has 1 atom stereocenters. The highest BCUT2D eigenvalue weighted by molar-refractivity contribution is 7.93. The van der Waals surface area contributed by atoms with Gasteiger partial charge in [0.25, 0.3) is 0 Å². The number of sulfone groups is 1. The molecule has 2 heterocycles. The largest absolute Gasteiger partial charge is 0.375 e. The Morgan fingerprint density at radius 2 is 1.58 bits per heavy atom. The molecule has 2 aromatic rings. The molecular weight excluding hydrogens is 503 g/mol. The van der Waals surface area contributed by atoms with Crippen LogP contribution in [0.15, 0.2) is 52.3 Å². The monoisotopic (exact) mass is 538 g/mol. The lowest BCUT2D eigenvalue weighted by molar-refractivity contribution is 0.0295. The number of ether oxygens (including phenoxy) is 1. The summed E-state index contributed by atoms with van der Waals surface area (Å²) in [6.45, 7) is 7.52. The number of nitrogens with zero attached hydrogens (tertiary/aromatic N) is 2. The van der Waals surface area contributed by atoms with Crippen LogP contribution < -0.4 is 4.90 Å². The minimum absolute atomic E-state index is 0.0581. The Morgan fingerprint density at radius 3 is 2.14 bits per heavy atom. The SMILES string of the molecule is CC(c1cccc(F)c1N1CCC2(CC1)COC(C)(C)C2)S(=O)(=O)c1ccccc1S(=O)(=O)N(C)C. The third-order valence-electron chi connectivity index (χ3n) is 7.55. The summed E-state index contributed by atoms with van der Waals surface area (Å²) in [5.41, 5.74) is 0.483. The van der Waals surface area contributed by atoms with Crippen LogP contribution in [-0.2, 0) is 24.6 Å². The fourth-order valence-corrected chi connectivity index (χ4v) is 8.68. The summed E-state index contributed by atoms with van der Waals surface area (Å²) < 4.78 is 75.6. The lowest BCUT2D eigenvalue weighted by Crippen LogP contribution is -2.42. The Labute approximate surface area is 214 Å². The molecule has 1 unspecified atom stereocenters. The van der Waals surface area contributed by atoms with E-state index in [-0.39, 0.29) is 26.5 Å². The van der Waals surface area contributed by atoms with Crippen LogP contribution >= 0.6 is 0 Å². The standard InChI is InChI=1S/C26H35FN2O5S2/c1-19(35(30,31)22-11-6-7-12-23(22)36(32,33)28(4)5)20-9-8-10-21(27)24(20)29-15-13-26(14-16-29)17-25(2,3)34-18-26/h6-12,19H,13-18H2,1-5H3. The molecule has 0 bridgehead atoms. The van der Waals surface area contributed by atoms with Crippen LogP contribution in [0.4, 0.5) is 10.1 Å². The van der Waals surface area contributed by atoms with Gasteiger partial charge in [-0.2, -0.15) is 0 Å². The predicted molar refractivity (Wildman–Crippen MR) is 138 cm³/mol. The second-order valence-corrected chi connectivity index (χ2v) is 15.2. The molecule has 0 aromatic heterocycles. The van der Waals surface area contributed by atoms with Gasteiger partial charge in [-0.15, -0.1) is 0 Å². The minimum Gasteiger partial charge on any atom is -0.375 e. The molecule has 1 spiro atoms. The highest BCUT2D eigenvalue weighted by Gasteiger charge is 2.46. The fourth-order valence-electron chi connectivity index (χ4n) is 5.53. The Bertz CT molecular complexity index is 1350. The molecule has 2 fully saturated rings. The topological polar surface area (TPSA) is 84.0 Å². The number of halogens is 1. The smallest absolute Gasteiger partial charge is 0.243 e. The van der Waals surface area contributed by atoms with E-state index < -0.39 is 30.9 Å². The molecular formula is C26H35FN2O5S2. The number of para-hydroxylation sites is 1. The van der Waals surface area contributed by atoms with Crippen LogP contribution in [0.2, 0.25) is 0 Å². The molecule has 0 amide bonds. The van der Waals surface area contributed by atoms with Gasteiger partial charge in [0, 0.05) is 27.2 Å². The van der Waals surface area contributed by atoms with Gasteiger partial charge in [-0.1, -0.05) is 24.3 Å². The number of hydrogen-bond donors (Lipinski definition) is 0. The van der Waals surface area contributed by atoms with Gasteiger partial charge in [0.1, 0.15) is 10.7 Å². The van der Waals surface area contributed by atoms with Gasteiger partial charge in [0.15, 0.2) is 9.84 Å². The molecule has 0 saturated carbocycles. The second-order valence-electron chi connectivity index (χ2n) is 10.8. The molecule has 0 radical (unpaired) electrons. The van der Waals surface area contributed by atoms with E-state index in [0.717, 1.165) is 23.6 Å². The number of piperidine rings is 1. The summed E-state index contributed by atoms with van der Waals surface area (Å²) in [6.07, 6.45) is 2.60. The molecule has 2 aromatic carbocycles. The van der Waals surface area contributed by atoms with Crippen molar-refractivity contribution < 1.29 is 26.0 Å². The van der Waals surface area contributed by atoms with Crippen molar-refractivity contribution in [1.82, 2.24) is 4.31 Å². The zero-order valence-electron chi connectivity index (χ0n) is 21.5. The van der Waals surface area contributed by atoms with E-state index >= 15 is 4.39 Å². The van der Waals surface area contributed by atoms with Crippen molar-refractivity contribution >= 4 is 25.5 Å². The van der Waals surface area contributed by atoms with Crippen molar-refractivity contribution in [2.75, 3.05) is 38.7 Å². The van der Waals surface area contributed by atoms with Crippen LogP contribution in [0.25, 0.3) is 0 Å². The summed E-state index contributed by atoms with van der Waals surface area (Å²) in [5.74, 6) is -0.484. The highest BCUT2D eigenvalue weighted by Crippen LogP contribution is 2.48. The van der Waals surface area contributed by atoms with Gasteiger partial charge in [-0.3, -0.25) is 0 Å². The van der Waals surface area contributed by atoms with Crippen LogP contribution in [0.5, 0.6) is 0 Å². The summed E-state index contributed by atoms with van der Waals surface area (Å²) in [4.78, 5) is 1.35. The van der Waals surface area contributed by atoms with Crippen molar-refractivity contribution in [1.29, 1.82) is 0 Å². The zero-order chi connectivity index (χ0) is 26.5. The van der Waals surface area contributed by atoms with Crippen LogP contribution in [0, 0.1) is 11.2 Å². The Morgan fingerprint density at radius 1 is 0.972 bits per heavy atom. The van der Waals surface area contributed by atoms with E-state index in [9.17, 15) is 16.8 Å². The molecule has 7 nitrogen and oxygen atoms in total. The van der Waals surface area contributed by atoms with E-state index in [0.29, 0.717) is 25.3 Å². The first-order chi connectivity index (χ1) is 16.7. The van der Waals surface area contributed by atoms with E-state index in [1.165, 1.54) is 57.4 Å². The molecule has 36 heavy (non-hydrogen) atoms. The van der Waals surface area contributed by atoms with Crippen molar-refractivity contribution in [2.45, 2.75) is 60.7 Å². The molecule has 0 N–H and O–H groups in total. The number of benzene rings is 2. The first-order valence-electron chi connectivity index (χ1n) is 12.1. The van der Waals surface area contributed by atoms with E-state index in [1.54, 1.807) is 6.07 Å². The van der Waals surface area contributed by atoms with Crippen molar-refractivity contribution in [3.8, 4) is 0 Å². The van der Waals surface area contributed by atoms with Gasteiger partial charge in [-0.25, -0.2) is 25.5 Å². The molecule has 198 valence electrons. The van der Waals surface area contributed by atoms with Crippen LogP contribution in [-0.4, -0.2) is 60.5 Å². The Balaban J connectivity index is 1.70. The fraction of sp³-hybridized carbons (Fsp3) is 0.538. The quantitative estimate of drug-likeness (QED) is 0.542. The maximum atomic E-state index is 15.3. The van der Waals surface area contributed by atoms with Crippen LogP contribution in [0.3, 0.4) is 0 Å². The number of anilines is 1. The summed E-state index contributed by atoms with van der Waals surface area (Å²) >= 11 is 0. The number of hydrogen-bond acceptors (Lipinski definition) is 6. The van der Waals surface area contributed by atoms with Crippen LogP contribution in [0.1, 0.15) is 50.8 Å². The molecule has 0 aliphatic carbocycles. The zero-order valence-corrected chi connectivity index (χ0v) is 23.1. The van der Waals surface area contributed by atoms with E-state index in [1.807, 2.05) is 4.90 Å². The maximum Gasteiger partial charge on any atom is 0.243 e. The normalized spacial score (nSPS) is 20.7. The summed E-state index contributed by atoms with van der Waals surface area (Å²) in [5, 5.41) is -1.16. The first-order valence-corrected chi connectivity index (χ1v) is 15.1. The van der Waals surface area contributed by atoms with Gasteiger partial charge in [-0.05, 0) is 69.2 Å². The third kappa shape index (κ3) is 4.80. The summed E-state index contributed by atoms with van der Waals surface area (Å²) in [6, 6.07) is 10.0. The second kappa shape index (κ2) is 9.38. The molecule has 4 rings (SSSR count). The van der Waals surface area contributed by atoms with E-state index in [4.69, 9.17) is 4.74 Å². The molecule has 2 saturated heterocycles. The first kappa shape index (κ1) is 27.0. The third-order valence-corrected chi connectivity index (χ3v) is 11.7. The van der Waals surface area contributed by atoms with E-state index in [2.05, 4.69) is 13.8 Å². The van der Waals surface area contributed by atoms with Gasteiger partial charge < -0.3 is 9.64 Å². The highest BCUT2D eigenvalue weighted by atomic mass is 32.2. The molecule has 10 heteroatoms. The van der Waals surface area contributed by atoms with Crippen molar-refractivity contribution in [3.63, 3.8) is 0 Å². The number of sulfonamides is 1. The average molecular weight is 539 g/mol.